The topological polar surface area (TPSA) is 103 Å². The Labute approximate surface area is 198 Å². The highest BCUT2D eigenvalue weighted by atomic mass is 19.4. The summed E-state index contributed by atoms with van der Waals surface area (Å²) >= 11 is 0. The number of halogens is 5. The summed E-state index contributed by atoms with van der Waals surface area (Å²) in [5.74, 6) is -6.83. The second-order valence-electron chi connectivity index (χ2n) is 8.98. The first-order chi connectivity index (χ1) is 16.2. The third-order valence-corrected chi connectivity index (χ3v) is 6.86. The number of rotatable bonds is 5. The lowest BCUT2D eigenvalue weighted by atomic mass is 9.77. The molecule has 3 rings (SSSR count). The van der Waals surface area contributed by atoms with Crippen molar-refractivity contribution in [1.82, 2.24) is 10.2 Å². The van der Waals surface area contributed by atoms with Crippen LogP contribution in [-0.4, -0.2) is 73.7 Å². The molecule has 0 aliphatic carbocycles. The number of morpholine rings is 1. The first-order valence-electron chi connectivity index (χ1n) is 10.9. The molecule has 196 valence electrons. The molecule has 2 aliphatic heterocycles. The maximum atomic E-state index is 14.4. The van der Waals surface area contributed by atoms with Gasteiger partial charge in [0.25, 0.3) is 0 Å². The maximum absolute atomic E-state index is 14.4. The highest BCUT2D eigenvalue weighted by Gasteiger charge is 2.65. The van der Waals surface area contributed by atoms with E-state index in [1.807, 2.05) is 0 Å². The molecule has 8 nitrogen and oxygen atoms in total. The molecule has 0 bridgehead atoms. The van der Waals surface area contributed by atoms with Crippen LogP contribution in [0.25, 0.3) is 0 Å². The molecule has 6 atom stereocenters. The van der Waals surface area contributed by atoms with Gasteiger partial charge in [0.2, 0.25) is 11.7 Å². The molecule has 3 amide bonds. The zero-order chi connectivity index (χ0) is 26.3. The number of hydrogen-bond donors (Lipinski definition) is 2. The average molecular weight is 509 g/mol. The van der Waals surface area contributed by atoms with E-state index in [-0.39, 0.29) is 31.3 Å². The van der Waals surface area contributed by atoms with Crippen LogP contribution in [-0.2, 0) is 14.3 Å². The summed E-state index contributed by atoms with van der Waals surface area (Å²) in [6.07, 6.45) is -7.23. The smallest absolute Gasteiger partial charge is 0.417 e. The van der Waals surface area contributed by atoms with Crippen molar-refractivity contribution in [1.29, 1.82) is 0 Å². The molecule has 0 radical (unpaired) electrons. The first-order valence-corrected chi connectivity index (χ1v) is 10.9. The highest BCUT2D eigenvalue weighted by Crippen LogP contribution is 2.54. The minimum Gasteiger partial charge on any atom is -0.493 e. The van der Waals surface area contributed by atoms with Gasteiger partial charge in [0.05, 0.1) is 32.4 Å². The fraction of sp³-hybridized carbons (Fsp3) is 0.636. The molecule has 3 N–H and O–H groups in total. The third-order valence-electron chi connectivity index (χ3n) is 6.86. The quantitative estimate of drug-likeness (QED) is 0.595. The van der Waals surface area contributed by atoms with Gasteiger partial charge in [0, 0.05) is 23.9 Å². The number of ether oxygens (including phenoxy) is 3. The van der Waals surface area contributed by atoms with Gasteiger partial charge in [-0.1, -0.05) is 13.0 Å². The summed E-state index contributed by atoms with van der Waals surface area (Å²) in [4.78, 5) is 26.0. The zero-order valence-electron chi connectivity index (χ0n) is 19.6. The maximum Gasteiger partial charge on any atom is 0.417 e. The number of alkyl halides is 3. The number of amides is 3. The van der Waals surface area contributed by atoms with E-state index in [1.165, 1.54) is 11.8 Å². The number of benzene rings is 1. The summed E-state index contributed by atoms with van der Waals surface area (Å²) in [6, 6.07) is 0.890. The number of nitrogens with zero attached hydrogens (tertiary/aromatic N) is 1. The van der Waals surface area contributed by atoms with E-state index in [0.29, 0.717) is 0 Å². The predicted octanol–water partition coefficient (Wildman–Crippen LogP) is 2.70. The fourth-order valence-electron chi connectivity index (χ4n) is 4.60. The SMILES string of the molecule is COc1c([C@H]2[C@H](C(=O)NC[C@@H]3CN(C(N)=O)[C@H](C)CO3)O[C@@](C)(C(F)(F)F)[C@H]2C)ccc(F)c1F. The van der Waals surface area contributed by atoms with Gasteiger partial charge in [-0.25, -0.2) is 9.18 Å². The lowest BCUT2D eigenvalue weighted by Crippen LogP contribution is -2.56. The van der Waals surface area contributed by atoms with E-state index >= 15 is 0 Å². The van der Waals surface area contributed by atoms with E-state index < -0.39 is 65.1 Å². The van der Waals surface area contributed by atoms with Crippen molar-refractivity contribution in [2.24, 2.45) is 11.7 Å². The monoisotopic (exact) mass is 509 g/mol. The van der Waals surface area contributed by atoms with Crippen LogP contribution >= 0.6 is 0 Å². The van der Waals surface area contributed by atoms with Gasteiger partial charge in [-0.3, -0.25) is 4.79 Å². The number of nitrogens with two attached hydrogens (primary N) is 1. The van der Waals surface area contributed by atoms with Crippen LogP contribution in [0.15, 0.2) is 12.1 Å². The van der Waals surface area contributed by atoms with Crippen molar-refractivity contribution in [2.45, 2.75) is 56.7 Å². The summed E-state index contributed by atoms with van der Waals surface area (Å²) in [5, 5.41) is 2.50. The predicted molar refractivity (Wildman–Crippen MR) is 113 cm³/mol. The number of primary amides is 1. The average Bonchev–Trinajstić information content (AvgIpc) is 3.06. The largest absolute Gasteiger partial charge is 0.493 e. The summed E-state index contributed by atoms with van der Waals surface area (Å²) in [7, 11) is 1.05. The second kappa shape index (κ2) is 9.76. The Bertz CT molecular complexity index is 978. The van der Waals surface area contributed by atoms with E-state index in [1.54, 1.807) is 6.92 Å². The Morgan fingerprint density at radius 2 is 1.94 bits per heavy atom. The second-order valence-corrected chi connectivity index (χ2v) is 8.98. The lowest BCUT2D eigenvalue weighted by Gasteiger charge is -2.37. The van der Waals surface area contributed by atoms with E-state index in [0.717, 1.165) is 26.2 Å². The molecule has 0 unspecified atom stereocenters. The van der Waals surface area contributed by atoms with Crippen molar-refractivity contribution in [3.63, 3.8) is 0 Å². The van der Waals surface area contributed by atoms with E-state index in [2.05, 4.69) is 5.32 Å². The number of carbonyl (C=O) groups is 2. The van der Waals surface area contributed by atoms with Crippen molar-refractivity contribution in [2.75, 3.05) is 26.8 Å². The minimum atomic E-state index is -4.86. The Kier molecular flexibility index (Phi) is 7.51. The molecular weight excluding hydrogens is 481 g/mol. The highest BCUT2D eigenvalue weighted by molar-refractivity contribution is 5.83. The van der Waals surface area contributed by atoms with Gasteiger partial charge < -0.3 is 30.2 Å². The Hall–Kier alpha value is -2.67. The van der Waals surface area contributed by atoms with Crippen LogP contribution in [0.5, 0.6) is 5.75 Å². The van der Waals surface area contributed by atoms with Crippen LogP contribution in [0.2, 0.25) is 0 Å². The first kappa shape index (κ1) is 26.9. The van der Waals surface area contributed by atoms with Crippen LogP contribution < -0.4 is 15.8 Å². The van der Waals surface area contributed by atoms with Gasteiger partial charge in [-0.15, -0.1) is 0 Å². The lowest BCUT2D eigenvalue weighted by molar-refractivity contribution is -0.272. The van der Waals surface area contributed by atoms with Crippen molar-refractivity contribution in [3.8, 4) is 5.75 Å². The molecule has 13 heteroatoms. The van der Waals surface area contributed by atoms with Crippen molar-refractivity contribution < 1.29 is 45.8 Å². The Morgan fingerprint density at radius 1 is 1.29 bits per heavy atom. The number of urea groups is 1. The number of nitrogens with one attached hydrogen (secondary N) is 1. The van der Waals surface area contributed by atoms with E-state index in [4.69, 9.17) is 19.9 Å². The Balaban J connectivity index is 1.89. The third kappa shape index (κ3) is 4.88. The standard InChI is InChI=1S/C22H28F5N3O5/c1-10-9-34-12(8-30(10)20(28)32)7-29-19(31)18-15(11(2)21(3,35-18)22(25,26)27)13-5-6-14(23)16(24)17(13)33-4/h5-6,10-12,15,18H,7-9H2,1-4H3,(H2,28,32)(H,29,31)/t10-,11+,12-,15+,18-,21-/m1/s1. The van der Waals surface area contributed by atoms with Crippen LogP contribution in [0, 0.1) is 17.6 Å². The van der Waals surface area contributed by atoms with Crippen LogP contribution in [0.1, 0.15) is 32.3 Å². The number of carbonyl (C=O) groups excluding carboxylic acids is 2. The number of methoxy groups -OCH3 is 1. The van der Waals surface area contributed by atoms with Gasteiger partial charge >= 0.3 is 12.2 Å². The molecule has 2 fully saturated rings. The van der Waals surface area contributed by atoms with Gasteiger partial charge in [0.1, 0.15) is 6.10 Å². The minimum absolute atomic E-state index is 0.0688. The van der Waals surface area contributed by atoms with Gasteiger partial charge in [-0.2, -0.15) is 17.6 Å². The van der Waals surface area contributed by atoms with Crippen molar-refractivity contribution >= 4 is 11.9 Å². The normalized spacial score (nSPS) is 31.3. The summed E-state index contributed by atoms with van der Waals surface area (Å²) < 4.78 is 86.0. The molecule has 35 heavy (non-hydrogen) atoms. The zero-order valence-corrected chi connectivity index (χ0v) is 19.6. The molecule has 0 saturated carbocycles. The summed E-state index contributed by atoms with van der Waals surface area (Å²) in [6.45, 7) is 3.84. The molecule has 2 aliphatic rings. The number of hydrogen-bond acceptors (Lipinski definition) is 5. The molecule has 0 aromatic heterocycles. The van der Waals surface area contributed by atoms with Gasteiger partial charge in [-0.05, 0) is 19.9 Å². The van der Waals surface area contributed by atoms with Crippen LogP contribution in [0.3, 0.4) is 0 Å². The molecule has 2 heterocycles. The summed E-state index contributed by atoms with van der Waals surface area (Å²) in [5.41, 5.74) is 2.46. The van der Waals surface area contributed by atoms with Crippen LogP contribution in [0.4, 0.5) is 26.7 Å². The molecule has 1 aromatic carbocycles. The Morgan fingerprint density at radius 3 is 2.51 bits per heavy atom. The molecule has 1 aromatic rings. The molecular formula is C22H28F5N3O5. The fourth-order valence-corrected chi connectivity index (χ4v) is 4.60. The molecule has 2 saturated heterocycles. The van der Waals surface area contributed by atoms with Crippen molar-refractivity contribution in [3.05, 3.63) is 29.3 Å². The van der Waals surface area contributed by atoms with Gasteiger partial charge in [0.15, 0.2) is 17.2 Å². The molecule has 0 spiro atoms. The van der Waals surface area contributed by atoms with E-state index in [9.17, 15) is 31.5 Å².